The van der Waals surface area contributed by atoms with Crippen LogP contribution in [0.1, 0.15) is 0 Å². The molecular weight excluding hydrogens is 197 g/mol. The van der Waals surface area contributed by atoms with Gasteiger partial charge in [0.1, 0.15) is 5.69 Å². The number of pyridine rings is 1. The summed E-state index contributed by atoms with van der Waals surface area (Å²) in [5.41, 5.74) is 1.28. The summed E-state index contributed by atoms with van der Waals surface area (Å²) < 4.78 is 19.5. The van der Waals surface area contributed by atoms with E-state index in [1.54, 1.807) is 23.0 Å². The minimum Gasteiger partial charge on any atom is -0.479 e. The van der Waals surface area contributed by atoms with E-state index in [0.717, 1.165) is 0 Å². The molecule has 0 aliphatic rings. The van der Waals surface area contributed by atoms with Crippen LogP contribution in [0.4, 0.5) is 4.39 Å². The highest BCUT2D eigenvalue weighted by molar-refractivity contribution is 5.54. The predicted octanol–water partition coefficient (Wildman–Crippen LogP) is 1.63. The summed E-state index contributed by atoms with van der Waals surface area (Å²) in [5, 5.41) is 4.16. The van der Waals surface area contributed by atoms with Crippen LogP contribution < -0.4 is 4.74 Å². The van der Waals surface area contributed by atoms with E-state index in [1.807, 2.05) is 7.05 Å². The van der Waals surface area contributed by atoms with E-state index in [1.165, 1.54) is 13.2 Å². The van der Waals surface area contributed by atoms with Crippen molar-refractivity contribution in [1.29, 1.82) is 0 Å². The van der Waals surface area contributed by atoms with Gasteiger partial charge < -0.3 is 4.74 Å². The Morgan fingerprint density at radius 2 is 2.07 bits per heavy atom. The molecule has 0 bridgehead atoms. The molecule has 0 saturated heterocycles. The van der Waals surface area contributed by atoms with Gasteiger partial charge in [-0.05, 0) is 18.2 Å². The molecule has 5 heteroatoms. The Morgan fingerprint density at radius 3 is 2.67 bits per heavy atom. The zero-order chi connectivity index (χ0) is 10.8. The van der Waals surface area contributed by atoms with Crippen molar-refractivity contribution in [2.75, 3.05) is 7.11 Å². The van der Waals surface area contributed by atoms with Crippen LogP contribution in [0, 0.1) is 5.82 Å². The van der Waals surface area contributed by atoms with Crippen LogP contribution in [0.15, 0.2) is 24.4 Å². The van der Waals surface area contributed by atoms with Gasteiger partial charge in [-0.1, -0.05) is 0 Å². The van der Waals surface area contributed by atoms with Gasteiger partial charge in [0.05, 0.1) is 12.8 Å². The topological polar surface area (TPSA) is 39.9 Å². The molecule has 78 valence electrons. The van der Waals surface area contributed by atoms with E-state index in [9.17, 15) is 4.39 Å². The molecule has 2 aromatic rings. The summed E-state index contributed by atoms with van der Waals surface area (Å²) >= 11 is 0. The van der Waals surface area contributed by atoms with Crippen molar-refractivity contribution < 1.29 is 9.13 Å². The molecule has 0 amide bonds. The molecule has 2 aromatic heterocycles. The van der Waals surface area contributed by atoms with Gasteiger partial charge in [0.15, 0.2) is 5.82 Å². The maximum Gasteiger partial charge on any atom is 0.250 e. The monoisotopic (exact) mass is 207 g/mol. The lowest BCUT2D eigenvalue weighted by molar-refractivity contribution is 0.369. The second-order valence-corrected chi connectivity index (χ2v) is 3.06. The van der Waals surface area contributed by atoms with Gasteiger partial charge in [-0.25, -0.2) is 9.37 Å². The van der Waals surface area contributed by atoms with Crippen LogP contribution in [-0.2, 0) is 7.05 Å². The normalized spacial score (nSPS) is 10.3. The number of halogens is 1. The summed E-state index contributed by atoms with van der Waals surface area (Å²) in [6.45, 7) is 0. The molecule has 4 nitrogen and oxygen atoms in total. The van der Waals surface area contributed by atoms with Crippen LogP contribution >= 0.6 is 0 Å². The Labute approximate surface area is 86.3 Å². The lowest BCUT2D eigenvalue weighted by atomic mass is 10.3. The Hall–Kier alpha value is -1.91. The number of ether oxygens (including phenoxy) is 1. The summed E-state index contributed by atoms with van der Waals surface area (Å²) in [6, 6.07) is 4.69. The zero-order valence-electron chi connectivity index (χ0n) is 8.44. The van der Waals surface area contributed by atoms with Crippen LogP contribution in [-0.4, -0.2) is 21.9 Å². The molecule has 0 aliphatic heterocycles. The maximum absolute atomic E-state index is 13.1. The van der Waals surface area contributed by atoms with Crippen molar-refractivity contribution in [2.45, 2.75) is 0 Å². The van der Waals surface area contributed by atoms with E-state index in [2.05, 4.69) is 10.1 Å². The number of methoxy groups -OCH3 is 1. The van der Waals surface area contributed by atoms with E-state index >= 15 is 0 Å². The van der Waals surface area contributed by atoms with E-state index in [-0.39, 0.29) is 5.88 Å². The summed E-state index contributed by atoms with van der Waals surface area (Å²) in [4.78, 5) is 4.00. The fourth-order valence-corrected chi connectivity index (χ4v) is 1.26. The highest BCUT2D eigenvalue weighted by atomic mass is 19.1. The van der Waals surface area contributed by atoms with Gasteiger partial charge in [0.25, 0.3) is 5.88 Å². The number of aromatic nitrogens is 3. The molecule has 0 aliphatic carbocycles. The van der Waals surface area contributed by atoms with Crippen molar-refractivity contribution in [3.8, 4) is 17.3 Å². The average Bonchev–Trinajstić information content (AvgIpc) is 2.66. The average molecular weight is 207 g/mol. The lowest BCUT2D eigenvalue weighted by Gasteiger charge is -2.02. The first-order valence-corrected chi connectivity index (χ1v) is 4.41. The second kappa shape index (κ2) is 3.68. The Kier molecular flexibility index (Phi) is 2.37. The van der Waals surface area contributed by atoms with Crippen molar-refractivity contribution in [1.82, 2.24) is 14.8 Å². The molecule has 0 spiro atoms. The van der Waals surface area contributed by atoms with E-state index in [4.69, 9.17) is 4.74 Å². The predicted molar refractivity (Wildman–Crippen MR) is 52.9 cm³/mol. The SMILES string of the molecule is COc1nc(-c2ccn(C)n2)ccc1F. The van der Waals surface area contributed by atoms with Gasteiger partial charge in [-0.3, -0.25) is 4.68 Å². The van der Waals surface area contributed by atoms with Crippen molar-refractivity contribution in [3.63, 3.8) is 0 Å². The molecule has 2 heterocycles. The Bertz CT molecular complexity index is 481. The smallest absolute Gasteiger partial charge is 0.250 e. The minimum absolute atomic E-state index is 0.0156. The number of hydrogen-bond donors (Lipinski definition) is 0. The molecule has 0 radical (unpaired) electrons. The zero-order valence-corrected chi connectivity index (χ0v) is 8.44. The molecule has 0 unspecified atom stereocenters. The Balaban J connectivity index is 2.45. The molecule has 15 heavy (non-hydrogen) atoms. The number of aryl methyl sites for hydroxylation is 1. The third-order valence-electron chi connectivity index (χ3n) is 1.98. The number of hydrogen-bond acceptors (Lipinski definition) is 3. The van der Waals surface area contributed by atoms with Crippen LogP contribution in [0.25, 0.3) is 11.4 Å². The first-order chi connectivity index (χ1) is 7.20. The quantitative estimate of drug-likeness (QED) is 0.751. The molecule has 0 N–H and O–H groups in total. The molecule has 2 rings (SSSR count). The van der Waals surface area contributed by atoms with E-state index < -0.39 is 5.82 Å². The first kappa shape index (κ1) is 9.64. The van der Waals surface area contributed by atoms with Crippen LogP contribution in [0.5, 0.6) is 5.88 Å². The highest BCUT2D eigenvalue weighted by Crippen LogP contribution is 2.20. The second-order valence-electron chi connectivity index (χ2n) is 3.06. The van der Waals surface area contributed by atoms with Crippen molar-refractivity contribution >= 4 is 0 Å². The number of nitrogens with zero attached hydrogens (tertiary/aromatic N) is 3. The molecule has 0 saturated carbocycles. The standard InChI is InChI=1S/C10H10FN3O/c1-14-6-5-9(13-14)8-4-3-7(11)10(12-8)15-2/h3-6H,1-2H3. The molecule has 0 fully saturated rings. The van der Waals surface area contributed by atoms with E-state index in [0.29, 0.717) is 11.4 Å². The summed E-state index contributed by atoms with van der Waals surface area (Å²) in [6.07, 6.45) is 1.80. The highest BCUT2D eigenvalue weighted by Gasteiger charge is 2.08. The summed E-state index contributed by atoms with van der Waals surface area (Å²) in [5.74, 6) is -0.490. The minimum atomic E-state index is -0.475. The van der Waals surface area contributed by atoms with Gasteiger partial charge in [-0.15, -0.1) is 0 Å². The molecule has 0 aromatic carbocycles. The maximum atomic E-state index is 13.1. The van der Waals surface area contributed by atoms with Crippen molar-refractivity contribution in [3.05, 3.63) is 30.2 Å². The molecular formula is C10H10FN3O. The number of rotatable bonds is 2. The van der Waals surface area contributed by atoms with Crippen molar-refractivity contribution in [2.24, 2.45) is 7.05 Å². The molecule has 0 atom stereocenters. The van der Waals surface area contributed by atoms with Gasteiger partial charge >= 0.3 is 0 Å². The van der Waals surface area contributed by atoms with Gasteiger partial charge in [-0.2, -0.15) is 5.10 Å². The van der Waals surface area contributed by atoms with Crippen LogP contribution in [0.3, 0.4) is 0 Å². The van der Waals surface area contributed by atoms with Gasteiger partial charge in [0, 0.05) is 13.2 Å². The fraction of sp³-hybridized carbons (Fsp3) is 0.200. The summed E-state index contributed by atoms with van der Waals surface area (Å²) in [7, 11) is 3.19. The lowest BCUT2D eigenvalue weighted by Crippen LogP contribution is -1.95. The third kappa shape index (κ3) is 1.81. The third-order valence-corrected chi connectivity index (χ3v) is 1.98. The fourth-order valence-electron chi connectivity index (χ4n) is 1.26. The van der Waals surface area contributed by atoms with Gasteiger partial charge in [0.2, 0.25) is 0 Å². The largest absolute Gasteiger partial charge is 0.479 e. The first-order valence-electron chi connectivity index (χ1n) is 4.41. The Morgan fingerprint density at radius 1 is 1.27 bits per heavy atom. The van der Waals surface area contributed by atoms with Crippen LogP contribution in [0.2, 0.25) is 0 Å².